The molecule has 428 valence electrons. The van der Waals surface area contributed by atoms with E-state index in [1.54, 1.807) is 0 Å². The molecule has 0 aliphatic rings. The average Bonchev–Trinajstić information content (AvgIpc) is 3.41. The Bertz CT molecular complexity index is 1500. The van der Waals surface area contributed by atoms with Gasteiger partial charge in [-0.25, -0.2) is 0 Å². The number of allylic oxidation sites excluding steroid dienone is 20. The van der Waals surface area contributed by atoms with E-state index in [-0.39, 0.29) is 25.2 Å². The lowest BCUT2D eigenvalue weighted by molar-refractivity contribution is -0.161. The highest BCUT2D eigenvalue weighted by molar-refractivity contribution is 5.70. The minimum Gasteiger partial charge on any atom is -0.462 e. The summed E-state index contributed by atoms with van der Waals surface area (Å²) in [5, 5.41) is 9.67. The lowest BCUT2D eigenvalue weighted by Crippen LogP contribution is -2.28. The largest absolute Gasteiger partial charge is 0.462 e. The summed E-state index contributed by atoms with van der Waals surface area (Å²) in [7, 11) is 0. The lowest BCUT2D eigenvalue weighted by Gasteiger charge is -2.15. The van der Waals surface area contributed by atoms with Gasteiger partial charge in [0, 0.05) is 12.8 Å². The Morgan fingerprint density at radius 3 is 0.867 bits per heavy atom. The number of rotatable bonds is 57. The smallest absolute Gasteiger partial charge is 0.306 e. The Kier molecular flexibility index (Phi) is 61.4. The molecule has 0 saturated heterocycles. The third kappa shape index (κ3) is 62.7. The van der Waals surface area contributed by atoms with E-state index < -0.39 is 6.10 Å². The second kappa shape index (κ2) is 64.6. The predicted octanol–water partition coefficient (Wildman–Crippen LogP) is 21.8. The van der Waals surface area contributed by atoms with Crippen molar-refractivity contribution in [2.75, 3.05) is 13.2 Å². The summed E-state index contributed by atoms with van der Waals surface area (Å²) < 4.78 is 10.7. The minimum atomic E-state index is -0.794. The van der Waals surface area contributed by atoms with Gasteiger partial charge in [0.05, 0.1) is 6.61 Å². The fourth-order valence-electron chi connectivity index (χ4n) is 8.82. The zero-order chi connectivity index (χ0) is 54.1. The molecule has 1 N–H and O–H groups in total. The van der Waals surface area contributed by atoms with Crippen LogP contribution < -0.4 is 0 Å². The molecule has 5 nitrogen and oxygen atoms in total. The topological polar surface area (TPSA) is 72.8 Å². The molecule has 0 spiro atoms. The van der Waals surface area contributed by atoms with Crippen molar-refractivity contribution in [3.63, 3.8) is 0 Å². The third-order valence-electron chi connectivity index (χ3n) is 13.5. The van der Waals surface area contributed by atoms with Gasteiger partial charge in [-0.1, -0.05) is 309 Å². The monoisotopic (exact) mass is 1040 g/mol. The molecule has 0 amide bonds. The van der Waals surface area contributed by atoms with Gasteiger partial charge in [0.2, 0.25) is 0 Å². The average molecular weight is 1040 g/mol. The van der Waals surface area contributed by atoms with Gasteiger partial charge in [0.1, 0.15) is 6.61 Å². The van der Waals surface area contributed by atoms with E-state index in [4.69, 9.17) is 9.47 Å². The van der Waals surface area contributed by atoms with Crippen molar-refractivity contribution in [1.29, 1.82) is 0 Å². The molecule has 0 heterocycles. The van der Waals surface area contributed by atoms with Crippen molar-refractivity contribution in [3.05, 3.63) is 122 Å². The van der Waals surface area contributed by atoms with E-state index in [0.717, 1.165) is 116 Å². The highest BCUT2D eigenvalue weighted by atomic mass is 16.6. The Balaban J connectivity index is 3.58. The summed E-state index contributed by atoms with van der Waals surface area (Å²) in [6, 6.07) is 0. The number of aliphatic hydroxyl groups is 1. The lowest BCUT2D eigenvalue weighted by atomic mass is 10.0. The number of hydrogen-bond donors (Lipinski definition) is 1. The van der Waals surface area contributed by atoms with Crippen LogP contribution in [-0.4, -0.2) is 36.4 Å². The maximum atomic E-state index is 12.3. The van der Waals surface area contributed by atoms with E-state index in [1.165, 1.54) is 148 Å². The molecule has 0 rings (SSSR count). The molecule has 1 atom stereocenters. The van der Waals surface area contributed by atoms with Crippen LogP contribution in [0.15, 0.2) is 122 Å². The Labute approximate surface area is 464 Å². The Morgan fingerprint density at radius 1 is 0.320 bits per heavy atom. The van der Waals surface area contributed by atoms with Crippen LogP contribution in [0.2, 0.25) is 0 Å². The van der Waals surface area contributed by atoms with Gasteiger partial charge in [-0.15, -0.1) is 0 Å². The molecular formula is C70H118O5. The van der Waals surface area contributed by atoms with E-state index in [9.17, 15) is 14.7 Å². The van der Waals surface area contributed by atoms with Crippen molar-refractivity contribution in [2.24, 2.45) is 0 Å². The number of carbonyl (C=O) groups excluding carboxylic acids is 2. The van der Waals surface area contributed by atoms with Gasteiger partial charge >= 0.3 is 11.9 Å². The quantitative estimate of drug-likeness (QED) is 0.0373. The van der Waals surface area contributed by atoms with Gasteiger partial charge in [-0.2, -0.15) is 0 Å². The summed E-state index contributed by atoms with van der Waals surface area (Å²) in [6.45, 7) is 4.03. The normalized spacial score (nSPS) is 13.1. The van der Waals surface area contributed by atoms with Crippen molar-refractivity contribution >= 4 is 11.9 Å². The number of carbonyl (C=O) groups is 2. The highest BCUT2D eigenvalue weighted by Gasteiger charge is 2.16. The molecule has 0 aliphatic carbocycles. The molecule has 0 saturated carbocycles. The van der Waals surface area contributed by atoms with Crippen LogP contribution in [-0.2, 0) is 19.1 Å². The van der Waals surface area contributed by atoms with Crippen LogP contribution >= 0.6 is 0 Å². The number of aliphatic hydroxyl groups excluding tert-OH is 1. The molecule has 0 aromatic carbocycles. The minimum absolute atomic E-state index is 0.0801. The molecule has 0 bridgehead atoms. The molecule has 0 aromatic rings. The third-order valence-corrected chi connectivity index (χ3v) is 13.5. The standard InChI is InChI=1S/C70H118O5/c1-3-5-7-9-11-13-15-17-19-21-23-25-27-29-31-32-33-34-35-36-37-38-39-41-43-45-47-49-51-53-55-57-59-61-63-65-70(73)75-68(66-71)67-74-69(72)64-62-60-58-56-54-52-50-48-46-44-42-40-30-28-26-24-22-20-18-16-14-12-10-8-6-4-2/h5,7,11,13,17,19,23,25,29,31,33-34,36-37,39,41,45,47,51,53,68,71H,3-4,6,8-10,12,14-16,18,20-22,24,26-28,30,32,35,38,40,42-44,46,48-50,52,54-67H2,1-2H3/b7-5-,13-11-,19-17-,25-23-,31-29-,34-33-,37-36-,41-39-,47-45-,53-51-. The van der Waals surface area contributed by atoms with Crippen molar-refractivity contribution in [3.8, 4) is 0 Å². The van der Waals surface area contributed by atoms with Crippen LogP contribution in [0.3, 0.4) is 0 Å². The maximum absolute atomic E-state index is 12.3. The zero-order valence-electron chi connectivity index (χ0n) is 49.0. The first kappa shape index (κ1) is 71.3. The van der Waals surface area contributed by atoms with E-state index in [1.807, 2.05) is 0 Å². The van der Waals surface area contributed by atoms with Gasteiger partial charge in [-0.05, 0) is 89.9 Å². The zero-order valence-corrected chi connectivity index (χ0v) is 49.0. The van der Waals surface area contributed by atoms with E-state index >= 15 is 0 Å². The van der Waals surface area contributed by atoms with Crippen molar-refractivity contribution in [2.45, 2.75) is 296 Å². The number of ether oxygens (including phenoxy) is 2. The molecule has 0 radical (unpaired) electrons. The Morgan fingerprint density at radius 2 is 0.573 bits per heavy atom. The summed E-state index contributed by atoms with van der Waals surface area (Å²) >= 11 is 0. The van der Waals surface area contributed by atoms with E-state index in [2.05, 4.69) is 135 Å². The summed E-state index contributed by atoms with van der Waals surface area (Å²) in [6.07, 6.45) is 94.8. The second-order valence-corrected chi connectivity index (χ2v) is 20.8. The van der Waals surface area contributed by atoms with E-state index in [0.29, 0.717) is 12.8 Å². The fourth-order valence-corrected chi connectivity index (χ4v) is 8.82. The first-order valence-corrected chi connectivity index (χ1v) is 31.6. The first-order valence-electron chi connectivity index (χ1n) is 31.6. The predicted molar refractivity (Wildman–Crippen MR) is 329 cm³/mol. The van der Waals surface area contributed by atoms with Crippen LogP contribution in [0.25, 0.3) is 0 Å². The summed E-state index contributed by atoms with van der Waals surface area (Å²) in [4.78, 5) is 24.6. The highest BCUT2D eigenvalue weighted by Crippen LogP contribution is 2.17. The van der Waals surface area contributed by atoms with Crippen LogP contribution in [0.1, 0.15) is 290 Å². The number of unbranched alkanes of at least 4 members (excludes halogenated alkanes) is 29. The summed E-state index contributed by atoms with van der Waals surface area (Å²) in [5.74, 6) is -0.616. The SMILES string of the molecule is CC/C=C\C/C=C\C/C=C\C/C=C\C/C=C\C/C=C\C/C=C\C/C=C\C/C=C\C/C=C\CCCCCCC(=O)OC(CO)COC(=O)CCCCCCCCCCCCCCCCCCCCCCCCCCCC. The molecular weight excluding hydrogens is 921 g/mol. The molecule has 0 aromatic heterocycles. The van der Waals surface area contributed by atoms with Gasteiger partial charge < -0.3 is 14.6 Å². The van der Waals surface area contributed by atoms with Crippen molar-refractivity contribution in [1.82, 2.24) is 0 Å². The number of hydrogen-bond acceptors (Lipinski definition) is 5. The van der Waals surface area contributed by atoms with Gasteiger partial charge in [-0.3, -0.25) is 9.59 Å². The summed E-state index contributed by atoms with van der Waals surface area (Å²) in [5.41, 5.74) is 0. The van der Waals surface area contributed by atoms with Crippen molar-refractivity contribution < 1.29 is 24.2 Å². The molecule has 0 fully saturated rings. The number of esters is 2. The van der Waals surface area contributed by atoms with Crippen LogP contribution in [0.4, 0.5) is 0 Å². The van der Waals surface area contributed by atoms with Gasteiger partial charge in [0.15, 0.2) is 6.10 Å². The Hall–Kier alpha value is -3.70. The van der Waals surface area contributed by atoms with Crippen LogP contribution in [0, 0.1) is 0 Å². The molecule has 0 aliphatic heterocycles. The molecule has 75 heavy (non-hydrogen) atoms. The van der Waals surface area contributed by atoms with Gasteiger partial charge in [0.25, 0.3) is 0 Å². The fraction of sp³-hybridized carbons (Fsp3) is 0.686. The second-order valence-electron chi connectivity index (χ2n) is 20.8. The first-order chi connectivity index (χ1) is 37.1. The van der Waals surface area contributed by atoms with Crippen LogP contribution in [0.5, 0.6) is 0 Å². The molecule has 1 unspecified atom stereocenters. The molecule has 5 heteroatoms. The maximum Gasteiger partial charge on any atom is 0.306 e.